The Kier molecular flexibility index (Phi) is 5.20. The predicted molar refractivity (Wildman–Crippen MR) is 103 cm³/mol. The van der Waals surface area contributed by atoms with Gasteiger partial charge in [-0.15, -0.1) is 0 Å². The monoisotopic (exact) mass is 355 g/mol. The Bertz CT molecular complexity index is 713. The number of aromatic nitrogens is 2. The zero-order valence-electron chi connectivity index (χ0n) is 14.7. The molecule has 2 aromatic rings. The van der Waals surface area contributed by atoms with Crippen molar-refractivity contribution in [2.45, 2.75) is 24.7 Å². The van der Waals surface area contributed by atoms with Crippen LogP contribution in [0.3, 0.4) is 0 Å². The molecule has 1 N–H and O–H groups in total. The summed E-state index contributed by atoms with van der Waals surface area (Å²) in [5, 5.41) is 4.32. The Balaban J connectivity index is 1.47. The van der Waals surface area contributed by atoms with Crippen LogP contribution in [0.15, 0.2) is 35.5 Å². The summed E-state index contributed by atoms with van der Waals surface area (Å²) in [4.78, 5) is 14.6. The molecular weight excluding hydrogens is 330 g/mol. The lowest BCUT2D eigenvalue weighted by atomic mass is 10.1. The molecule has 0 aliphatic carbocycles. The van der Waals surface area contributed by atoms with Crippen molar-refractivity contribution in [3.05, 3.63) is 47.2 Å². The summed E-state index contributed by atoms with van der Waals surface area (Å²) in [6.07, 6.45) is 3.09. The molecule has 1 fully saturated rings. The third-order valence-corrected chi connectivity index (χ3v) is 5.55. The fourth-order valence-corrected chi connectivity index (χ4v) is 4.01. The van der Waals surface area contributed by atoms with Gasteiger partial charge in [0.15, 0.2) is 5.16 Å². The van der Waals surface area contributed by atoms with Gasteiger partial charge in [0.2, 0.25) is 0 Å². The van der Waals surface area contributed by atoms with E-state index in [0.29, 0.717) is 0 Å². The zero-order chi connectivity index (χ0) is 17.1. The highest BCUT2D eigenvalue weighted by atomic mass is 32.2. The second kappa shape index (κ2) is 7.72. The first-order chi connectivity index (χ1) is 12.3. The highest BCUT2D eigenvalue weighted by Crippen LogP contribution is 2.27. The number of benzene rings is 1. The first-order valence-electron chi connectivity index (χ1n) is 8.99. The van der Waals surface area contributed by atoms with E-state index in [9.17, 15) is 0 Å². The Labute approximate surface area is 153 Å². The molecule has 1 saturated heterocycles. The lowest BCUT2D eigenvalue weighted by molar-refractivity contribution is 0.249. The van der Waals surface area contributed by atoms with Crippen molar-refractivity contribution in [2.75, 3.05) is 43.9 Å². The quantitative estimate of drug-likeness (QED) is 0.670. The standard InChI is InChI=1S/C19H25N5S/c1-25-19-21-17-13-20-8-7-16(17)18(22-19)24-11-9-23(10-12-24)14-15-5-3-2-4-6-15/h2-6,20H,7-14H2,1H3. The summed E-state index contributed by atoms with van der Waals surface area (Å²) in [7, 11) is 0. The van der Waals surface area contributed by atoms with Crippen molar-refractivity contribution in [3.63, 3.8) is 0 Å². The minimum absolute atomic E-state index is 0.867. The molecule has 1 aromatic heterocycles. The summed E-state index contributed by atoms with van der Waals surface area (Å²) in [6, 6.07) is 10.8. The van der Waals surface area contributed by atoms with Gasteiger partial charge in [-0.25, -0.2) is 9.97 Å². The maximum absolute atomic E-state index is 4.87. The number of rotatable bonds is 4. The van der Waals surface area contributed by atoms with E-state index in [1.165, 1.54) is 22.6 Å². The van der Waals surface area contributed by atoms with E-state index in [4.69, 9.17) is 9.97 Å². The van der Waals surface area contributed by atoms with Crippen molar-refractivity contribution in [1.82, 2.24) is 20.2 Å². The number of hydrogen-bond donors (Lipinski definition) is 1. The van der Waals surface area contributed by atoms with Crippen LogP contribution in [0.2, 0.25) is 0 Å². The molecule has 0 bridgehead atoms. The average Bonchev–Trinajstić information content (AvgIpc) is 2.68. The third kappa shape index (κ3) is 3.81. The first kappa shape index (κ1) is 16.8. The maximum atomic E-state index is 4.87. The molecular formula is C19H25N5S. The SMILES string of the molecule is CSc1nc2c(c(N3CCN(Cc4ccccc4)CC3)n1)CCNC2. The first-order valence-corrected chi connectivity index (χ1v) is 10.2. The molecule has 2 aliphatic heterocycles. The van der Waals surface area contributed by atoms with Gasteiger partial charge in [0.05, 0.1) is 5.69 Å². The van der Waals surface area contributed by atoms with Gasteiger partial charge in [-0.05, 0) is 24.8 Å². The van der Waals surface area contributed by atoms with E-state index in [2.05, 4.69) is 51.7 Å². The van der Waals surface area contributed by atoms with Gasteiger partial charge >= 0.3 is 0 Å². The molecule has 0 unspecified atom stereocenters. The van der Waals surface area contributed by atoms with Crippen LogP contribution in [-0.2, 0) is 19.5 Å². The minimum atomic E-state index is 0.867. The fraction of sp³-hybridized carbons (Fsp3) is 0.474. The summed E-state index contributed by atoms with van der Waals surface area (Å²) in [5.41, 5.74) is 3.94. The lowest BCUT2D eigenvalue weighted by Crippen LogP contribution is -2.47. The number of hydrogen-bond acceptors (Lipinski definition) is 6. The van der Waals surface area contributed by atoms with Crippen LogP contribution in [0.4, 0.5) is 5.82 Å². The van der Waals surface area contributed by atoms with Gasteiger partial charge in [0, 0.05) is 44.8 Å². The van der Waals surface area contributed by atoms with Crippen molar-refractivity contribution in [3.8, 4) is 0 Å². The van der Waals surface area contributed by atoms with Crippen LogP contribution in [0.5, 0.6) is 0 Å². The van der Waals surface area contributed by atoms with Gasteiger partial charge in [-0.1, -0.05) is 42.1 Å². The topological polar surface area (TPSA) is 44.3 Å². The molecule has 0 spiro atoms. The molecule has 132 valence electrons. The van der Waals surface area contributed by atoms with E-state index in [0.717, 1.165) is 57.4 Å². The van der Waals surface area contributed by atoms with Crippen molar-refractivity contribution in [1.29, 1.82) is 0 Å². The summed E-state index contributed by atoms with van der Waals surface area (Å²) >= 11 is 1.64. The van der Waals surface area contributed by atoms with Crippen molar-refractivity contribution >= 4 is 17.6 Å². The van der Waals surface area contributed by atoms with Gasteiger partial charge in [0.1, 0.15) is 5.82 Å². The Morgan fingerprint density at radius 1 is 1.08 bits per heavy atom. The summed E-state index contributed by atoms with van der Waals surface area (Å²) in [5.74, 6) is 1.18. The second-order valence-corrected chi connectivity index (χ2v) is 7.41. The molecule has 1 aromatic carbocycles. The van der Waals surface area contributed by atoms with Crippen LogP contribution < -0.4 is 10.2 Å². The second-order valence-electron chi connectivity index (χ2n) is 6.63. The number of piperazine rings is 1. The van der Waals surface area contributed by atoms with Crippen molar-refractivity contribution in [2.24, 2.45) is 0 Å². The van der Waals surface area contributed by atoms with Gasteiger partial charge in [0.25, 0.3) is 0 Å². The summed E-state index contributed by atoms with van der Waals surface area (Å²) < 4.78 is 0. The number of fused-ring (bicyclic) bond motifs is 1. The molecule has 2 aliphatic rings. The van der Waals surface area contributed by atoms with E-state index in [-0.39, 0.29) is 0 Å². The van der Waals surface area contributed by atoms with Crippen LogP contribution in [-0.4, -0.2) is 53.8 Å². The van der Waals surface area contributed by atoms with E-state index < -0.39 is 0 Å². The largest absolute Gasteiger partial charge is 0.354 e. The molecule has 0 amide bonds. The molecule has 5 nitrogen and oxygen atoms in total. The zero-order valence-corrected chi connectivity index (χ0v) is 15.6. The van der Waals surface area contributed by atoms with E-state index in [1.54, 1.807) is 11.8 Å². The number of anilines is 1. The van der Waals surface area contributed by atoms with E-state index >= 15 is 0 Å². The normalized spacial score (nSPS) is 18.2. The Morgan fingerprint density at radius 2 is 1.88 bits per heavy atom. The van der Waals surface area contributed by atoms with Crippen LogP contribution in [0, 0.1) is 0 Å². The number of nitrogens with zero attached hydrogens (tertiary/aromatic N) is 4. The highest BCUT2D eigenvalue weighted by molar-refractivity contribution is 7.98. The Morgan fingerprint density at radius 3 is 2.64 bits per heavy atom. The highest BCUT2D eigenvalue weighted by Gasteiger charge is 2.24. The maximum Gasteiger partial charge on any atom is 0.189 e. The fourth-order valence-electron chi connectivity index (χ4n) is 3.63. The average molecular weight is 356 g/mol. The minimum Gasteiger partial charge on any atom is -0.354 e. The lowest BCUT2D eigenvalue weighted by Gasteiger charge is -2.37. The smallest absolute Gasteiger partial charge is 0.189 e. The number of thioether (sulfide) groups is 1. The van der Waals surface area contributed by atoms with Crippen molar-refractivity contribution < 1.29 is 0 Å². The Hall–Kier alpha value is -1.63. The van der Waals surface area contributed by atoms with Crippen LogP contribution >= 0.6 is 11.8 Å². The van der Waals surface area contributed by atoms with E-state index in [1.807, 2.05) is 0 Å². The molecule has 6 heteroatoms. The molecule has 4 rings (SSSR count). The molecule has 0 radical (unpaired) electrons. The predicted octanol–water partition coefficient (Wildman–Crippen LogP) is 2.17. The number of nitrogens with one attached hydrogen (secondary N) is 1. The van der Waals surface area contributed by atoms with Gasteiger partial charge in [-0.3, -0.25) is 4.90 Å². The van der Waals surface area contributed by atoms with Gasteiger partial charge in [-0.2, -0.15) is 0 Å². The third-order valence-electron chi connectivity index (χ3n) is 5.00. The van der Waals surface area contributed by atoms with Crippen LogP contribution in [0.25, 0.3) is 0 Å². The van der Waals surface area contributed by atoms with Crippen LogP contribution in [0.1, 0.15) is 16.8 Å². The molecule has 25 heavy (non-hydrogen) atoms. The van der Waals surface area contributed by atoms with Gasteiger partial charge < -0.3 is 10.2 Å². The summed E-state index contributed by atoms with van der Waals surface area (Å²) in [6.45, 7) is 7.18. The molecule has 3 heterocycles. The molecule has 0 saturated carbocycles. The molecule has 0 atom stereocenters.